The topological polar surface area (TPSA) is 71.4 Å². The van der Waals surface area contributed by atoms with Crippen molar-refractivity contribution in [2.75, 3.05) is 0 Å². The molecule has 0 bridgehead atoms. The van der Waals surface area contributed by atoms with Crippen LogP contribution in [-0.4, -0.2) is 19.6 Å². The monoisotopic (exact) mass is 325 g/mol. The number of fused-ring (bicyclic) bond motifs is 1. The molecule has 0 atom stereocenters. The minimum Gasteiger partial charge on any atom is -0.256 e. The number of hydrogen-bond acceptors (Lipinski definition) is 4. The van der Waals surface area contributed by atoms with Gasteiger partial charge in [-0.1, -0.05) is 42.0 Å². The van der Waals surface area contributed by atoms with E-state index in [2.05, 4.69) is 14.9 Å². The van der Waals surface area contributed by atoms with Gasteiger partial charge in [-0.25, -0.2) is 4.83 Å². The van der Waals surface area contributed by atoms with E-state index in [4.69, 9.17) is 0 Å². The number of benzene rings is 2. The Morgan fingerprint density at radius 3 is 2.57 bits per heavy atom. The van der Waals surface area contributed by atoms with Crippen molar-refractivity contribution in [1.29, 1.82) is 0 Å². The van der Waals surface area contributed by atoms with Crippen molar-refractivity contribution in [3.8, 4) is 0 Å². The Bertz CT molecular complexity index is 959. The van der Waals surface area contributed by atoms with E-state index >= 15 is 0 Å². The number of rotatable bonds is 4. The van der Waals surface area contributed by atoms with Crippen molar-refractivity contribution in [2.45, 2.75) is 11.8 Å². The van der Waals surface area contributed by atoms with Gasteiger partial charge in [-0.15, -0.1) is 0 Å². The van der Waals surface area contributed by atoms with Gasteiger partial charge in [0.2, 0.25) is 0 Å². The van der Waals surface area contributed by atoms with E-state index in [0.29, 0.717) is 0 Å². The van der Waals surface area contributed by atoms with Crippen molar-refractivity contribution >= 4 is 27.1 Å². The number of sulfonamides is 1. The Kier molecular flexibility index (Phi) is 4.08. The van der Waals surface area contributed by atoms with E-state index in [9.17, 15) is 8.42 Å². The van der Waals surface area contributed by atoms with Gasteiger partial charge in [0.15, 0.2) is 0 Å². The van der Waals surface area contributed by atoms with E-state index in [1.54, 1.807) is 30.5 Å². The Balaban J connectivity index is 1.84. The summed E-state index contributed by atoms with van der Waals surface area (Å²) < 4.78 is 24.3. The molecule has 0 unspecified atom stereocenters. The van der Waals surface area contributed by atoms with Crippen LogP contribution in [0.1, 0.15) is 11.1 Å². The Morgan fingerprint density at radius 2 is 1.78 bits per heavy atom. The van der Waals surface area contributed by atoms with E-state index in [1.165, 1.54) is 6.21 Å². The van der Waals surface area contributed by atoms with Gasteiger partial charge in [0.1, 0.15) is 0 Å². The Morgan fingerprint density at radius 1 is 1.04 bits per heavy atom. The molecular weight excluding hydrogens is 310 g/mol. The van der Waals surface area contributed by atoms with Gasteiger partial charge in [-0.05, 0) is 25.1 Å². The number of aryl methyl sites for hydroxylation is 1. The second-order valence-corrected chi connectivity index (χ2v) is 6.75. The number of aromatic nitrogens is 1. The molecule has 0 saturated carbocycles. The molecule has 5 nitrogen and oxygen atoms in total. The molecule has 0 aliphatic heterocycles. The van der Waals surface area contributed by atoms with E-state index < -0.39 is 10.0 Å². The highest BCUT2D eigenvalue weighted by molar-refractivity contribution is 7.89. The smallest absolute Gasteiger partial charge is 0.256 e. The van der Waals surface area contributed by atoms with Gasteiger partial charge in [-0.2, -0.15) is 13.5 Å². The van der Waals surface area contributed by atoms with Gasteiger partial charge in [0.25, 0.3) is 10.0 Å². The van der Waals surface area contributed by atoms with Crippen LogP contribution in [-0.2, 0) is 10.0 Å². The lowest BCUT2D eigenvalue weighted by Gasteiger charge is -2.04. The van der Waals surface area contributed by atoms with Gasteiger partial charge in [0, 0.05) is 17.1 Å². The lowest BCUT2D eigenvalue weighted by Crippen LogP contribution is -2.18. The van der Waals surface area contributed by atoms with Crippen LogP contribution in [0.5, 0.6) is 0 Å². The third-order valence-corrected chi connectivity index (χ3v) is 4.61. The van der Waals surface area contributed by atoms with Gasteiger partial charge in [-0.3, -0.25) is 4.98 Å². The van der Waals surface area contributed by atoms with Crippen molar-refractivity contribution in [2.24, 2.45) is 5.10 Å². The molecular formula is C17H15N3O2S. The summed E-state index contributed by atoms with van der Waals surface area (Å²) in [4.78, 5) is 6.69. The summed E-state index contributed by atoms with van der Waals surface area (Å²) in [7, 11) is -3.67. The molecule has 2 aromatic carbocycles. The molecule has 1 aromatic heterocycles. The van der Waals surface area contributed by atoms with Crippen molar-refractivity contribution in [3.05, 3.63) is 71.9 Å². The van der Waals surface area contributed by atoms with E-state index in [-0.39, 0.29) is 4.90 Å². The number of nitrogens with zero attached hydrogens (tertiary/aromatic N) is 2. The zero-order valence-electron chi connectivity index (χ0n) is 12.5. The first-order chi connectivity index (χ1) is 11.1. The van der Waals surface area contributed by atoms with Crippen LogP contribution in [0, 0.1) is 6.92 Å². The molecule has 23 heavy (non-hydrogen) atoms. The maximum atomic E-state index is 12.2. The zero-order chi connectivity index (χ0) is 16.3. The molecule has 3 rings (SSSR count). The first kappa shape index (κ1) is 15.2. The maximum Gasteiger partial charge on any atom is 0.276 e. The Labute approximate surface area is 134 Å². The molecule has 116 valence electrons. The number of hydrogen-bond donors (Lipinski definition) is 1. The predicted molar refractivity (Wildman–Crippen MR) is 90.8 cm³/mol. The number of para-hydroxylation sites is 1. The second-order valence-electron chi connectivity index (χ2n) is 5.09. The highest BCUT2D eigenvalue weighted by Gasteiger charge is 2.11. The molecule has 1 N–H and O–H groups in total. The molecule has 0 radical (unpaired) electrons. The summed E-state index contributed by atoms with van der Waals surface area (Å²) >= 11 is 0. The highest BCUT2D eigenvalue weighted by Crippen LogP contribution is 2.14. The lowest BCUT2D eigenvalue weighted by molar-refractivity contribution is 0.584. The summed E-state index contributed by atoms with van der Waals surface area (Å²) in [5.74, 6) is 0. The van der Waals surface area contributed by atoms with Gasteiger partial charge < -0.3 is 0 Å². The third kappa shape index (κ3) is 3.37. The van der Waals surface area contributed by atoms with Crippen LogP contribution in [0.15, 0.2) is 70.8 Å². The minimum absolute atomic E-state index is 0.177. The molecule has 3 aromatic rings. The highest BCUT2D eigenvalue weighted by atomic mass is 32.2. The molecule has 1 heterocycles. The average molecular weight is 325 g/mol. The predicted octanol–water partition coefficient (Wildman–Crippen LogP) is 2.86. The van der Waals surface area contributed by atoms with Crippen LogP contribution in [0.3, 0.4) is 0 Å². The first-order valence-electron chi connectivity index (χ1n) is 7.01. The standard InChI is InChI=1S/C17H15N3O2S/c1-13-7-9-16(10-8-13)23(21,22)20-19-12-15-5-2-4-14-6-3-11-18-17(14)15/h2-12,20H,1H3. The van der Waals surface area contributed by atoms with Crippen LogP contribution in [0.4, 0.5) is 0 Å². The number of pyridine rings is 1. The summed E-state index contributed by atoms with van der Waals surface area (Å²) in [6.45, 7) is 1.90. The fraction of sp³-hybridized carbons (Fsp3) is 0.0588. The summed E-state index contributed by atoms with van der Waals surface area (Å²) in [6.07, 6.45) is 3.15. The van der Waals surface area contributed by atoms with Crippen molar-refractivity contribution in [3.63, 3.8) is 0 Å². The van der Waals surface area contributed by atoms with Gasteiger partial charge >= 0.3 is 0 Å². The largest absolute Gasteiger partial charge is 0.276 e. The number of nitrogens with one attached hydrogen (secondary N) is 1. The van der Waals surface area contributed by atoms with E-state index in [0.717, 1.165) is 22.0 Å². The average Bonchev–Trinajstić information content (AvgIpc) is 2.55. The van der Waals surface area contributed by atoms with Crippen molar-refractivity contribution < 1.29 is 8.42 Å². The molecule has 0 spiro atoms. The van der Waals surface area contributed by atoms with Crippen LogP contribution >= 0.6 is 0 Å². The summed E-state index contributed by atoms with van der Waals surface area (Å²) in [6, 6.07) is 16.0. The lowest BCUT2D eigenvalue weighted by atomic mass is 10.1. The molecule has 0 aliphatic carbocycles. The van der Waals surface area contributed by atoms with Crippen LogP contribution < -0.4 is 4.83 Å². The molecule has 0 fully saturated rings. The molecule has 6 heteroatoms. The second kappa shape index (κ2) is 6.18. The normalized spacial score (nSPS) is 11.9. The Hall–Kier alpha value is -2.73. The SMILES string of the molecule is Cc1ccc(S(=O)(=O)NN=Cc2cccc3cccnc23)cc1. The van der Waals surface area contributed by atoms with Crippen LogP contribution in [0.25, 0.3) is 10.9 Å². The van der Waals surface area contributed by atoms with E-state index in [1.807, 2.05) is 37.3 Å². The van der Waals surface area contributed by atoms with Crippen molar-refractivity contribution in [1.82, 2.24) is 9.82 Å². The quantitative estimate of drug-likeness (QED) is 0.592. The zero-order valence-corrected chi connectivity index (χ0v) is 13.3. The first-order valence-corrected chi connectivity index (χ1v) is 8.50. The summed E-state index contributed by atoms with van der Waals surface area (Å²) in [5.41, 5.74) is 2.51. The minimum atomic E-state index is -3.67. The van der Waals surface area contributed by atoms with Crippen LogP contribution in [0.2, 0.25) is 0 Å². The molecule has 0 amide bonds. The summed E-state index contributed by atoms with van der Waals surface area (Å²) in [5, 5.41) is 4.83. The third-order valence-electron chi connectivity index (χ3n) is 3.37. The molecule has 0 saturated heterocycles. The fourth-order valence-electron chi connectivity index (χ4n) is 2.17. The maximum absolute atomic E-state index is 12.2. The fourth-order valence-corrected chi connectivity index (χ4v) is 2.96. The van der Waals surface area contributed by atoms with Gasteiger partial charge in [0.05, 0.1) is 16.6 Å². The molecule has 0 aliphatic rings. The number of hydrazone groups is 1.